The minimum Gasteiger partial charge on any atom is -0.478 e. The molecule has 2 nitrogen and oxygen atoms in total. The maximum absolute atomic E-state index is 5.40. The fourth-order valence-corrected chi connectivity index (χ4v) is 0.900. The number of hydrogen-bond donors (Lipinski definition) is 1. The summed E-state index contributed by atoms with van der Waals surface area (Å²) in [6, 6.07) is 9.82. The van der Waals surface area contributed by atoms with Gasteiger partial charge in [-0.1, -0.05) is 25.1 Å². The predicted octanol–water partition coefficient (Wildman–Crippen LogP) is 2.02. The molecule has 1 rings (SSSR count). The minimum atomic E-state index is 0.595. The van der Waals surface area contributed by atoms with Crippen molar-refractivity contribution in [3.8, 4) is 5.75 Å². The van der Waals surface area contributed by atoms with Crippen molar-refractivity contribution in [1.29, 1.82) is 0 Å². The quantitative estimate of drug-likeness (QED) is 0.532. The molecule has 0 saturated carbocycles. The average Bonchev–Trinajstić information content (AvgIpc) is 2.14. The van der Waals surface area contributed by atoms with E-state index in [1.165, 1.54) is 0 Å². The second kappa shape index (κ2) is 5.61. The number of nitrogens with one attached hydrogen (secondary N) is 1. The van der Waals surface area contributed by atoms with Gasteiger partial charge in [-0.2, -0.15) is 0 Å². The molecule has 0 atom stereocenters. The zero-order valence-corrected chi connectivity index (χ0v) is 7.42. The molecule has 0 unspecified atom stereocenters. The zero-order valence-electron chi connectivity index (χ0n) is 7.42. The van der Waals surface area contributed by atoms with Crippen LogP contribution in [0.3, 0.4) is 0 Å². The fraction of sp³-hybridized carbons (Fsp3) is 0.400. The lowest BCUT2D eigenvalue weighted by molar-refractivity contribution is 0.284. The van der Waals surface area contributed by atoms with Crippen molar-refractivity contribution in [3.05, 3.63) is 30.3 Å². The highest BCUT2D eigenvalue weighted by Gasteiger charge is 1.88. The Hall–Kier alpha value is -1.02. The molecule has 0 aliphatic carbocycles. The monoisotopic (exact) mass is 165 g/mol. The summed E-state index contributed by atoms with van der Waals surface area (Å²) >= 11 is 0. The molecular weight excluding hydrogens is 150 g/mol. The summed E-state index contributed by atoms with van der Waals surface area (Å²) in [6.45, 7) is 3.74. The molecule has 0 aliphatic heterocycles. The van der Waals surface area contributed by atoms with Gasteiger partial charge in [-0.15, -0.1) is 0 Å². The zero-order chi connectivity index (χ0) is 8.65. The van der Waals surface area contributed by atoms with Crippen LogP contribution in [0.1, 0.15) is 13.3 Å². The SMILES string of the molecule is CCCNCOc1ccccc1. The molecule has 12 heavy (non-hydrogen) atoms. The Morgan fingerprint density at radius 1 is 1.25 bits per heavy atom. The molecule has 1 N–H and O–H groups in total. The summed E-state index contributed by atoms with van der Waals surface area (Å²) in [6.07, 6.45) is 1.14. The summed E-state index contributed by atoms with van der Waals surface area (Å²) < 4.78 is 5.40. The van der Waals surface area contributed by atoms with Gasteiger partial charge in [0.1, 0.15) is 12.5 Å². The van der Waals surface area contributed by atoms with Gasteiger partial charge in [-0.25, -0.2) is 0 Å². The van der Waals surface area contributed by atoms with Gasteiger partial charge in [0, 0.05) is 0 Å². The summed E-state index contributed by atoms with van der Waals surface area (Å²) in [5.74, 6) is 0.918. The van der Waals surface area contributed by atoms with E-state index >= 15 is 0 Å². The lowest BCUT2D eigenvalue weighted by Crippen LogP contribution is -2.20. The molecule has 66 valence electrons. The number of rotatable bonds is 5. The van der Waals surface area contributed by atoms with E-state index in [1.54, 1.807) is 0 Å². The van der Waals surface area contributed by atoms with Crippen LogP contribution < -0.4 is 10.1 Å². The van der Waals surface area contributed by atoms with E-state index in [0.717, 1.165) is 18.7 Å². The van der Waals surface area contributed by atoms with E-state index in [4.69, 9.17) is 4.74 Å². The van der Waals surface area contributed by atoms with Gasteiger partial charge in [0.25, 0.3) is 0 Å². The molecule has 0 heterocycles. The second-order valence-electron chi connectivity index (χ2n) is 2.60. The average molecular weight is 165 g/mol. The maximum Gasteiger partial charge on any atom is 0.139 e. The molecule has 0 fully saturated rings. The Bertz CT molecular complexity index is 198. The summed E-state index contributed by atoms with van der Waals surface area (Å²) in [4.78, 5) is 0. The maximum atomic E-state index is 5.40. The third-order valence-corrected chi connectivity index (χ3v) is 1.51. The van der Waals surface area contributed by atoms with Crippen molar-refractivity contribution in [2.24, 2.45) is 0 Å². The molecule has 2 heteroatoms. The summed E-state index contributed by atoms with van der Waals surface area (Å²) in [5, 5.41) is 3.16. The first-order valence-electron chi connectivity index (χ1n) is 4.32. The topological polar surface area (TPSA) is 21.3 Å². The normalized spacial score (nSPS) is 9.75. The smallest absolute Gasteiger partial charge is 0.139 e. The van der Waals surface area contributed by atoms with Crippen molar-refractivity contribution < 1.29 is 4.74 Å². The highest BCUT2D eigenvalue weighted by molar-refractivity contribution is 5.20. The predicted molar refractivity (Wildman–Crippen MR) is 50.2 cm³/mol. The highest BCUT2D eigenvalue weighted by atomic mass is 16.5. The first kappa shape index (κ1) is 9.07. The number of hydrogen-bond acceptors (Lipinski definition) is 2. The van der Waals surface area contributed by atoms with Gasteiger partial charge in [-0.05, 0) is 25.1 Å². The number of ether oxygens (including phenoxy) is 1. The molecule has 0 aliphatic rings. The van der Waals surface area contributed by atoms with Crippen LogP contribution in [0.2, 0.25) is 0 Å². The highest BCUT2D eigenvalue weighted by Crippen LogP contribution is 2.06. The lowest BCUT2D eigenvalue weighted by Gasteiger charge is -2.05. The Morgan fingerprint density at radius 2 is 2.00 bits per heavy atom. The van der Waals surface area contributed by atoms with Crippen molar-refractivity contribution in [3.63, 3.8) is 0 Å². The van der Waals surface area contributed by atoms with Gasteiger partial charge in [-0.3, -0.25) is 5.32 Å². The van der Waals surface area contributed by atoms with Gasteiger partial charge in [0.15, 0.2) is 0 Å². The van der Waals surface area contributed by atoms with E-state index in [9.17, 15) is 0 Å². The third-order valence-electron chi connectivity index (χ3n) is 1.51. The van der Waals surface area contributed by atoms with E-state index < -0.39 is 0 Å². The Morgan fingerprint density at radius 3 is 2.67 bits per heavy atom. The first-order chi connectivity index (χ1) is 5.93. The van der Waals surface area contributed by atoms with E-state index in [-0.39, 0.29) is 0 Å². The van der Waals surface area contributed by atoms with Crippen molar-refractivity contribution >= 4 is 0 Å². The van der Waals surface area contributed by atoms with E-state index in [1.807, 2.05) is 30.3 Å². The van der Waals surface area contributed by atoms with E-state index in [2.05, 4.69) is 12.2 Å². The third kappa shape index (κ3) is 3.39. The molecule has 1 aromatic rings. The Kier molecular flexibility index (Phi) is 4.24. The van der Waals surface area contributed by atoms with Gasteiger partial charge in [0.2, 0.25) is 0 Å². The molecular formula is C10H15NO. The largest absolute Gasteiger partial charge is 0.478 e. The second-order valence-corrected chi connectivity index (χ2v) is 2.60. The molecule has 0 saturated heterocycles. The van der Waals surface area contributed by atoms with Gasteiger partial charge in [0.05, 0.1) is 0 Å². The van der Waals surface area contributed by atoms with Crippen LogP contribution in [0.4, 0.5) is 0 Å². The molecule has 0 spiro atoms. The van der Waals surface area contributed by atoms with E-state index in [0.29, 0.717) is 6.73 Å². The Balaban J connectivity index is 2.16. The van der Waals surface area contributed by atoms with Crippen LogP contribution in [0.5, 0.6) is 5.75 Å². The minimum absolute atomic E-state index is 0.595. The summed E-state index contributed by atoms with van der Waals surface area (Å²) in [5.41, 5.74) is 0. The standard InChI is InChI=1S/C10H15NO/c1-2-8-11-9-12-10-6-4-3-5-7-10/h3-7,11H,2,8-9H2,1H3. The molecule has 1 aromatic carbocycles. The van der Waals surface area contributed by atoms with Crippen LogP contribution in [0.25, 0.3) is 0 Å². The van der Waals surface area contributed by atoms with Crippen LogP contribution in [0.15, 0.2) is 30.3 Å². The molecule has 0 bridgehead atoms. The van der Waals surface area contributed by atoms with Crippen LogP contribution in [-0.4, -0.2) is 13.3 Å². The summed E-state index contributed by atoms with van der Waals surface area (Å²) in [7, 11) is 0. The van der Waals surface area contributed by atoms with Crippen LogP contribution in [0, 0.1) is 0 Å². The first-order valence-corrected chi connectivity index (χ1v) is 4.32. The molecule has 0 radical (unpaired) electrons. The van der Waals surface area contributed by atoms with Crippen molar-refractivity contribution in [2.75, 3.05) is 13.3 Å². The van der Waals surface area contributed by atoms with Crippen molar-refractivity contribution in [2.45, 2.75) is 13.3 Å². The molecule has 0 aromatic heterocycles. The van der Waals surface area contributed by atoms with Crippen LogP contribution in [-0.2, 0) is 0 Å². The van der Waals surface area contributed by atoms with Crippen LogP contribution >= 0.6 is 0 Å². The van der Waals surface area contributed by atoms with Gasteiger partial charge >= 0.3 is 0 Å². The Labute approximate surface area is 73.6 Å². The number of benzene rings is 1. The lowest BCUT2D eigenvalue weighted by atomic mass is 10.3. The van der Waals surface area contributed by atoms with Crippen molar-refractivity contribution in [1.82, 2.24) is 5.32 Å². The molecule has 0 amide bonds. The number of para-hydroxylation sites is 1. The fourth-order valence-electron chi connectivity index (χ4n) is 0.900. The van der Waals surface area contributed by atoms with Gasteiger partial charge < -0.3 is 4.74 Å².